The van der Waals surface area contributed by atoms with Crippen LogP contribution in [0.5, 0.6) is 0 Å². The molecule has 6 nitrogen and oxygen atoms in total. The number of carbonyl (C=O) groups is 1. The van der Waals surface area contributed by atoms with E-state index in [0.29, 0.717) is 0 Å². The summed E-state index contributed by atoms with van der Waals surface area (Å²) in [5.74, 6) is -1.05. The third-order valence-electron chi connectivity index (χ3n) is 1.76. The molecule has 0 fully saturated rings. The van der Waals surface area contributed by atoms with Gasteiger partial charge in [0, 0.05) is 5.75 Å². The molecule has 7 heteroatoms. The van der Waals surface area contributed by atoms with Crippen molar-refractivity contribution < 1.29 is 19.9 Å². The van der Waals surface area contributed by atoms with Gasteiger partial charge in [-0.25, -0.2) is 4.79 Å². The van der Waals surface area contributed by atoms with Crippen LogP contribution in [-0.2, 0) is 0 Å². The summed E-state index contributed by atoms with van der Waals surface area (Å²) in [7, 11) is 0. The number of carboxylic acids is 1. The highest BCUT2D eigenvalue weighted by atomic mass is 32.2. The molecule has 0 bridgehead atoms. The normalized spacial score (nSPS) is 10.1. The van der Waals surface area contributed by atoms with Crippen molar-refractivity contribution in [2.24, 2.45) is 0 Å². The van der Waals surface area contributed by atoms with E-state index in [0.717, 1.165) is 11.8 Å². The van der Waals surface area contributed by atoms with Crippen LogP contribution in [0.2, 0.25) is 0 Å². The second-order valence-electron chi connectivity index (χ2n) is 2.79. The number of nitro benzene ring substituents is 1. The molecule has 1 aromatic carbocycles. The maximum Gasteiger partial charge on any atom is 0.342 e. The van der Waals surface area contributed by atoms with E-state index in [-0.39, 0.29) is 22.8 Å². The number of rotatable bonds is 5. The number of hydrogen-bond donors (Lipinski definition) is 2. The van der Waals surface area contributed by atoms with Crippen molar-refractivity contribution in [2.75, 3.05) is 12.4 Å². The zero-order chi connectivity index (χ0) is 12.1. The summed E-state index contributed by atoms with van der Waals surface area (Å²) in [5.41, 5.74) is -0.763. The van der Waals surface area contributed by atoms with E-state index in [4.69, 9.17) is 10.2 Å². The van der Waals surface area contributed by atoms with Crippen LogP contribution in [0.25, 0.3) is 0 Å². The highest BCUT2D eigenvalue weighted by Crippen LogP contribution is 2.32. The first-order chi connectivity index (χ1) is 7.57. The second kappa shape index (κ2) is 5.47. The van der Waals surface area contributed by atoms with Crippen LogP contribution in [-0.4, -0.2) is 33.5 Å². The second-order valence-corrected chi connectivity index (χ2v) is 3.92. The van der Waals surface area contributed by atoms with Gasteiger partial charge in [0.25, 0.3) is 5.69 Å². The molecule has 16 heavy (non-hydrogen) atoms. The lowest BCUT2D eigenvalue weighted by atomic mass is 10.2. The van der Waals surface area contributed by atoms with Crippen molar-refractivity contribution in [1.82, 2.24) is 0 Å². The fraction of sp³-hybridized carbons (Fsp3) is 0.222. The molecule has 0 radical (unpaired) electrons. The maximum absolute atomic E-state index is 10.8. The van der Waals surface area contributed by atoms with Gasteiger partial charge in [0.1, 0.15) is 5.56 Å². The first kappa shape index (κ1) is 12.5. The number of para-hydroxylation sites is 1. The lowest BCUT2D eigenvalue weighted by Crippen LogP contribution is -2.04. The molecule has 0 aliphatic carbocycles. The van der Waals surface area contributed by atoms with Gasteiger partial charge < -0.3 is 10.2 Å². The van der Waals surface area contributed by atoms with Gasteiger partial charge in [0.15, 0.2) is 0 Å². The number of aliphatic hydroxyl groups is 1. The quantitative estimate of drug-likeness (QED) is 0.460. The number of hydrogen-bond acceptors (Lipinski definition) is 5. The van der Waals surface area contributed by atoms with E-state index < -0.39 is 16.6 Å². The fourth-order valence-electron chi connectivity index (χ4n) is 1.16. The van der Waals surface area contributed by atoms with E-state index in [1.54, 1.807) is 0 Å². The molecule has 0 amide bonds. The third-order valence-corrected chi connectivity index (χ3v) is 2.79. The minimum atomic E-state index is -1.34. The zero-order valence-corrected chi connectivity index (χ0v) is 8.94. The molecule has 0 spiro atoms. The zero-order valence-electron chi connectivity index (χ0n) is 8.12. The number of aromatic carboxylic acids is 1. The Morgan fingerprint density at radius 3 is 2.69 bits per heavy atom. The summed E-state index contributed by atoms with van der Waals surface area (Å²) >= 11 is 1.05. The van der Waals surface area contributed by atoms with Gasteiger partial charge in [-0.3, -0.25) is 10.1 Å². The maximum atomic E-state index is 10.8. The Morgan fingerprint density at radius 2 is 2.19 bits per heavy atom. The molecule has 0 aromatic heterocycles. The van der Waals surface area contributed by atoms with Crippen molar-refractivity contribution in [2.45, 2.75) is 4.90 Å². The standard InChI is InChI=1S/C9H9NO5S/c11-4-5-16-7-3-1-2-6(9(12)13)8(7)10(14)15/h1-3,11H,4-5H2,(H,12,13). The van der Waals surface area contributed by atoms with Crippen molar-refractivity contribution in [3.8, 4) is 0 Å². The molecule has 0 heterocycles. The van der Waals surface area contributed by atoms with Gasteiger partial charge in [-0.15, -0.1) is 11.8 Å². The molecule has 0 unspecified atom stereocenters. The lowest BCUT2D eigenvalue weighted by molar-refractivity contribution is -0.388. The molecular weight excluding hydrogens is 234 g/mol. The van der Waals surface area contributed by atoms with Gasteiger partial charge in [0.2, 0.25) is 0 Å². The molecule has 0 saturated carbocycles. The third kappa shape index (κ3) is 2.71. The summed E-state index contributed by atoms with van der Waals surface area (Å²) in [6, 6.07) is 4.09. The number of nitrogens with zero attached hydrogens (tertiary/aromatic N) is 1. The predicted octanol–water partition coefficient (Wildman–Crippen LogP) is 1.38. The number of nitro groups is 1. The van der Waals surface area contributed by atoms with Crippen LogP contribution >= 0.6 is 11.8 Å². The largest absolute Gasteiger partial charge is 0.477 e. The topological polar surface area (TPSA) is 101 Å². The van der Waals surface area contributed by atoms with Crippen LogP contribution in [0, 0.1) is 10.1 Å². The highest BCUT2D eigenvalue weighted by molar-refractivity contribution is 7.99. The number of aliphatic hydroxyl groups excluding tert-OH is 1. The summed E-state index contributed by atoms with van der Waals surface area (Å²) in [4.78, 5) is 21.1. The fourth-order valence-corrected chi connectivity index (χ4v) is 1.96. The molecule has 1 rings (SSSR count). The molecule has 0 atom stereocenters. The Morgan fingerprint density at radius 1 is 1.50 bits per heavy atom. The first-order valence-electron chi connectivity index (χ1n) is 4.32. The van der Waals surface area contributed by atoms with Gasteiger partial charge in [-0.1, -0.05) is 6.07 Å². The lowest BCUT2D eigenvalue weighted by Gasteiger charge is -2.03. The average molecular weight is 243 g/mol. The molecule has 0 aliphatic heterocycles. The van der Waals surface area contributed by atoms with Gasteiger partial charge in [-0.05, 0) is 12.1 Å². The first-order valence-corrected chi connectivity index (χ1v) is 5.31. The van der Waals surface area contributed by atoms with Crippen LogP contribution < -0.4 is 0 Å². The van der Waals surface area contributed by atoms with Crippen molar-refractivity contribution >= 4 is 23.4 Å². The van der Waals surface area contributed by atoms with E-state index >= 15 is 0 Å². The molecular formula is C9H9NO5S. The van der Waals surface area contributed by atoms with E-state index in [9.17, 15) is 14.9 Å². The molecule has 0 saturated heterocycles. The molecule has 2 N–H and O–H groups in total. The van der Waals surface area contributed by atoms with Crippen LogP contribution in [0.3, 0.4) is 0 Å². The Bertz CT molecular complexity index is 420. The summed E-state index contributed by atoms with van der Waals surface area (Å²) in [5, 5.41) is 28.2. The van der Waals surface area contributed by atoms with E-state index in [1.807, 2.05) is 0 Å². The van der Waals surface area contributed by atoms with Crippen molar-refractivity contribution in [1.29, 1.82) is 0 Å². The Kier molecular flexibility index (Phi) is 4.27. The van der Waals surface area contributed by atoms with Crippen LogP contribution in [0.4, 0.5) is 5.69 Å². The summed E-state index contributed by atoms with van der Waals surface area (Å²) in [6.45, 7) is -0.126. The van der Waals surface area contributed by atoms with Crippen molar-refractivity contribution in [3.05, 3.63) is 33.9 Å². The minimum Gasteiger partial charge on any atom is -0.477 e. The highest BCUT2D eigenvalue weighted by Gasteiger charge is 2.23. The summed E-state index contributed by atoms with van der Waals surface area (Å²) in [6.07, 6.45) is 0. The predicted molar refractivity (Wildman–Crippen MR) is 57.9 cm³/mol. The Balaban J connectivity index is 3.21. The average Bonchev–Trinajstić information content (AvgIpc) is 2.25. The number of carboxylic acid groups (broad SMARTS) is 1. The van der Waals surface area contributed by atoms with Gasteiger partial charge in [-0.2, -0.15) is 0 Å². The monoisotopic (exact) mass is 243 g/mol. The number of thioether (sulfide) groups is 1. The molecule has 86 valence electrons. The minimum absolute atomic E-state index is 0.126. The van der Waals surface area contributed by atoms with Crippen LogP contribution in [0.15, 0.2) is 23.1 Å². The van der Waals surface area contributed by atoms with Gasteiger partial charge >= 0.3 is 5.97 Å². The number of benzene rings is 1. The SMILES string of the molecule is O=C(O)c1cccc(SCCO)c1[N+](=O)[O-]. The Labute approximate surface area is 95.1 Å². The smallest absolute Gasteiger partial charge is 0.342 e. The Hall–Kier alpha value is -1.60. The van der Waals surface area contributed by atoms with Crippen LogP contribution in [0.1, 0.15) is 10.4 Å². The van der Waals surface area contributed by atoms with E-state index in [1.165, 1.54) is 18.2 Å². The van der Waals surface area contributed by atoms with Crippen molar-refractivity contribution in [3.63, 3.8) is 0 Å². The van der Waals surface area contributed by atoms with Gasteiger partial charge in [0.05, 0.1) is 16.4 Å². The molecule has 0 aliphatic rings. The summed E-state index contributed by atoms with van der Waals surface area (Å²) < 4.78 is 0. The molecule has 1 aromatic rings. The van der Waals surface area contributed by atoms with E-state index in [2.05, 4.69) is 0 Å².